The zero-order valence-electron chi connectivity index (χ0n) is 15.0. The monoisotopic (exact) mass is 427 g/mol. The first-order valence-electron chi connectivity index (χ1n) is 8.43. The molecular weight excluding hydrogens is 410 g/mol. The largest absolute Gasteiger partial charge is 0.280 e. The van der Waals surface area contributed by atoms with E-state index in [4.69, 9.17) is 0 Å². The van der Waals surface area contributed by atoms with Gasteiger partial charge in [-0.2, -0.15) is 0 Å². The van der Waals surface area contributed by atoms with Crippen molar-refractivity contribution in [1.82, 2.24) is 10.9 Å². The standard InChI is InChI=1S/C20H17N3O4S2/c24-19(21-22-20(25)18-7-4-13-28-18)16-8-10-17(11-9-16)23-29(26,27)14-12-15-5-2-1-3-6-15/h1-14,23H,(H,21,24)(H,22,25). The van der Waals surface area contributed by atoms with Crippen LogP contribution in [0.1, 0.15) is 25.6 Å². The molecule has 0 unspecified atom stereocenters. The van der Waals surface area contributed by atoms with Crippen LogP contribution in [-0.4, -0.2) is 20.2 Å². The normalized spacial score (nSPS) is 11.2. The SMILES string of the molecule is O=C(NNC(=O)c1cccs1)c1ccc(NS(=O)(=O)C=Cc2ccccc2)cc1. The number of carbonyl (C=O) groups excluding carboxylic acids is 2. The summed E-state index contributed by atoms with van der Waals surface area (Å²) in [6, 6.07) is 18.2. The predicted octanol–water partition coefficient (Wildman–Crippen LogP) is 3.24. The Bertz CT molecular complexity index is 1110. The lowest BCUT2D eigenvalue weighted by Gasteiger charge is -2.08. The maximum absolute atomic E-state index is 12.2. The first-order chi connectivity index (χ1) is 13.9. The third-order valence-electron chi connectivity index (χ3n) is 3.68. The molecule has 1 heterocycles. The maximum Gasteiger partial charge on any atom is 0.279 e. The van der Waals surface area contributed by atoms with Crippen LogP contribution in [0.15, 0.2) is 77.5 Å². The highest BCUT2D eigenvalue weighted by Gasteiger charge is 2.11. The van der Waals surface area contributed by atoms with E-state index in [9.17, 15) is 18.0 Å². The van der Waals surface area contributed by atoms with Crippen molar-refractivity contribution in [3.63, 3.8) is 0 Å². The van der Waals surface area contributed by atoms with E-state index in [0.717, 1.165) is 11.0 Å². The van der Waals surface area contributed by atoms with Crippen LogP contribution in [0.5, 0.6) is 0 Å². The van der Waals surface area contributed by atoms with E-state index >= 15 is 0 Å². The third kappa shape index (κ3) is 6.03. The van der Waals surface area contributed by atoms with Crippen molar-refractivity contribution in [3.05, 3.63) is 93.5 Å². The minimum atomic E-state index is -3.70. The Morgan fingerprint density at radius 3 is 2.17 bits per heavy atom. The van der Waals surface area contributed by atoms with Crippen molar-refractivity contribution in [2.75, 3.05) is 4.72 Å². The number of hydrogen-bond acceptors (Lipinski definition) is 5. The number of thiophene rings is 1. The van der Waals surface area contributed by atoms with Gasteiger partial charge in [0, 0.05) is 11.3 Å². The summed E-state index contributed by atoms with van der Waals surface area (Å²) in [4.78, 5) is 24.4. The number of hydrogen-bond donors (Lipinski definition) is 3. The Balaban J connectivity index is 1.57. The molecule has 3 aromatic rings. The molecule has 29 heavy (non-hydrogen) atoms. The smallest absolute Gasteiger partial charge is 0.279 e. The molecule has 9 heteroatoms. The van der Waals surface area contributed by atoms with E-state index in [2.05, 4.69) is 15.6 Å². The van der Waals surface area contributed by atoms with Crippen LogP contribution in [0.3, 0.4) is 0 Å². The minimum absolute atomic E-state index is 0.263. The second-order valence-electron chi connectivity index (χ2n) is 5.82. The van der Waals surface area contributed by atoms with Gasteiger partial charge in [-0.1, -0.05) is 36.4 Å². The average molecular weight is 428 g/mol. The summed E-state index contributed by atoms with van der Waals surface area (Å²) in [5, 5.41) is 2.83. The number of amides is 2. The minimum Gasteiger partial charge on any atom is -0.280 e. The van der Waals surface area contributed by atoms with Crippen LogP contribution in [0.4, 0.5) is 5.69 Å². The molecule has 0 aliphatic heterocycles. The molecular formula is C20H17N3O4S2. The second kappa shape index (κ2) is 9.18. The number of hydrazine groups is 1. The van der Waals surface area contributed by atoms with Gasteiger partial charge in [0.05, 0.1) is 10.3 Å². The molecule has 0 fully saturated rings. The molecule has 148 valence electrons. The Morgan fingerprint density at radius 1 is 0.828 bits per heavy atom. The van der Waals surface area contributed by atoms with Gasteiger partial charge in [0.1, 0.15) is 0 Å². The van der Waals surface area contributed by atoms with Crippen LogP contribution in [0.2, 0.25) is 0 Å². The van der Waals surface area contributed by atoms with Crippen LogP contribution in [0, 0.1) is 0 Å². The van der Waals surface area contributed by atoms with Gasteiger partial charge in [-0.25, -0.2) is 8.42 Å². The van der Waals surface area contributed by atoms with Gasteiger partial charge < -0.3 is 0 Å². The highest BCUT2D eigenvalue weighted by molar-refractivity contribution is 7.95. The highest BCUT2D eigenvalue weighted by Crippen LogP contribution is 2.13. The molecule has 0 radical (unpaired) electrons. The molecule has 3 rings (SSSR count). The lowest BCUT2D eigenvalue weighted by atomic mass is 10.2. The fourth-order valence-electron chi connectivity index (χ4n) is 2.28. The number of sulfonamides is 1. The van der Waals surface area contributed by atoms with Gasteiger partial charge in [0.15, 0.2) is 0 Å². The summed E-state index contributed by atoms with van der Waals surface area (Å²) in [5.41, 5.74) is 5.96. The fourth-order valence-corrected chi connectivity index (χ4v) is 3.76. The van der Waals surface area contributed by atoms with E-state index in [0.29, 0.717) is 10.6 Å². The molecule has 0 aliphatic carbocycles. The number of nitrogens with one attached hydrogen (secondary N) is 3. The van der Waals surface area contributed by atoms with Crippen molar-refractivity contribution in [1.29, 1.82) is 0 Å². The van der Waals surface area contributed by atoms with Crippen LogP contribution in [-0.2, 0) is 10.0 Å². The highest BCUT2D eigenvalue weighted by atomic mass is 32.2. The van der Waals surface area contributed by atoms with Crippen molar-refractivity contribution >= 4 is 44.9 Å². The molecule has 0 bridgehead atoms. The molecule has 0 atom stereocenters. The van der Waals surface area contributed by atoms with E-state index < -0.39 is 21.8 Å². The third-order valence-corrected chi connectivity index (χ3v) is 5.56. The summed E-state index contributed by atoms with van der Waals surface area (Å²) < 4.78 is 26.7. The summed E-state index contributed by atoms with van der Waals surface area (Å²) in [6.07, 6.45) is 1.49. The summed E-state index contributed by atoms with van der Waals surface area (Å²) >= 11 is 1.25. The topological polar surface area (TPSA) is 104 Å². The summed E-state index contributed by atoms with van der Waals surface area (Å²) in [5.74, 6) is -0.934. The molecule has 7 nitrogen and oxygen atoms in total. The number of rotatable bonds is 6. The Morgan fingerprint density at radius 2 is 1.52 bits per heavy atom. The first-order valence-corrected chi connectivity index (χ1v) is 10.9. The van der Waals surface area contributed by atoms with E-state index in [-0.39, 0.29) is 5.56 Å². The summed E-state index contributed by atoms with van der Waals surface area (Å²) in [7, 11) is -3.70. The van der Waals surface area contributed by atoms with Gasteiger partial charge in [-0.3, -0.25) is 25.2 Å². The number of benzene rings is 2. The Kier molecular flexibility index (Phi) is 6.43. The lowest BCUT2D eigenvalue weighted by Crippen LogP contribution is -2.41. The van der Waals surface area contributed by atoms with Crippen LogP contribution < -0.4 is 15.6 Å². The zero-order chi connectivity index (χ0) is 20.7. The van der Waals surface area contributed by atoms with E-state index in [1.54, 1.807) is 29.6 Å². The van der Waals surface area contributed by atoms with Crippen molar-refractivity contribution in [2.45, 2.75) is 0 Å². The first kappa shape index (κ1) is 20.3. The second-order valence-corrected chi connectivity index (χ2v) is 8.34. The molecule has 2 aromatic carbocycles. The fraction of sp³-hybridized carbons (Fsp3) is 0. The van der Waals surface area contributed by atoms with Gasteiger partial charge >= 0.3 is 0 Å². The van der Waals surface area contributed by atoms with Crippen LogP contribution >= 0.6 is 11.3 Å². The van der Waals surface area contributed by atoms with Crippen LogP contribution in [0.25, 0.3) is 6.08 Å². The molecule has 0 saturated carbocycles. The molecule has 0 aliphatic rings. The van der Waals surface area contributed by atoms with Crippen molar-refractivity contribution < 1.29 is 18.0 Å². The number of anilines is 1. The van der Waals surface area contributed by atoms with Gasteiger partial charge in [-0.15, -0.1) is 11.3 Å². The van der Waals surface area contributed by atoms with Crippen molar-refractivity contribution in [3.8, 4) is 0 Å². The Labute approximate surface area is 172 Å². The lowest BCUT2D eigenvalue weighted by molar-refractivity contribution is 0.0849. The molecule has 0 spiro atoms. The van der Waals surface area contributed by atoms with E-state index in [1.807, 2.05) is 18.2 Å². The average Bonchev–Trinajstić information content (AvgIpc) is 3.26. The molecule has 1 aromatic heterocycles. The Hall–Kier alpha value is -3.43. The summed E-state index contributed by atoms with van der Waals surface area (Å²) in [6.45, 7) is 0. The molecule has 2 amide bonds. The molecule has 3 N–H and O–H groups in total. The van der Waals surface area contributed by atoms with Gasteiger partial charge in [0.2, 0.25) is 0 Å². The molecule has 0 saturated heterocycles. The number of carbonyl (C=O) groups is 2. The van der Waals surface area contributed by atoms with Gasteiger partial charge in [0.25, 0.3) is 21.8 Å². The zero-order valence-corrected chi connectivity index (χ0v) is 16.7. The predicted molar refractivity (Wildman–Crippen MR) is 114 cm³/mol. The van der Waals surface area contributed by atoms with Gasteiger partial charge in [-0.05, 0) is 47.4 Å². The van der Waals surface area contributed by atoms with E-state index in [1.165, 1.54) is 41.7 Å². The maximum atomic E-state index is 12.2. The quantitative estimate of drug-likeness (QED) is 0.525. The van der Waals surface area contributed by atoms with Crippen molar-refractivity contribution in [2.24, 2.45) is 0 Å².